The number of rotatable bonds is 12. The van der Waals surface area contributed by atoms with Gasteiger partial charge in [-0.25, -0.2) is 4.79 Å². The molecule has 0 aromatic rings. The highest BCUT2D eigenvalue weighted by atomic mass is 16.4. The Morgan fingerprint density at radius 1 is 1.10 bits per heavy atom. The lowest BCUT2D eigenvalue weighted by Gasteiger charge is -2.17. The van der Waals surface area contributed by atoms with Gasteiger partial charge in [0.2, 0.25) is 11.8 Å². The van der Waals surface area contributed by atoms with Crippen molar-refractivity contribution in [2.45, 2.75) is 71.3 Å². The van der Waals surface area contributed by atoms with Gasteiger partial charge in [0.05, 0.1) is 0 Å². The third-order valence-corrected chi connectivity index (χ3v) is 3.48. The summed E-state index contributed by atoms with van der Waals surface area (Å²) in [6.07, 6.45) is 6.33. The van der Waals surface area contributed by atoms with Gasteiger partial charge in [0.1, 0.15) is 6.04 Å². The number of carbonyl (C=O) groups is 3. The van der Waals surface area contributed by atoms with E-state index in [1.54, 1.807) is 6.92 Å². The van der Waals surface area contributed by atoms with E-state index in [0.717, 1.165) is 19.3 Å². The number of carboxylic acid groups (broad SMARTS) is 1. The Hall–Kier alpha value is -1.59. The van der Waals surface area contributed by atoms with Crippen LogP contribution in [0.5, 0.6) is 0 Å². The Labute approximate surface area is 126 Å². The van der Waals surface area contributed by atoms with Gasteiger partial charge >= 0.3 is 5.97 Å². The fourth-order valence-corrected chi connectivity index (χ4v) is 2.04. The van der Waals surface area contributed by atoms with E-state index < -0.39 is 17.9 Å². The minimum absolute atomic E-state index is 0.0274. The second kappa shape index (κ2) is 11.1. The molecule has 0 spiro atoms. The Morgan fingerprint density at radius 3 is 2.24 bits per heavy atom. The number of nitrogens with two attached hydrogens (primary N) is 1. The van der Waals surface area contributed by atoms with E-state index in [4.69, 9.17) is 10.8 Å². The largest absolute Gasteiger partial charge is 0.480 e. The molecule has 6 nitrogen and oxygen atoms in total. The molecule has 4 N–H and O–H groups in total. The van der Waals surface area contributed by atoms with Crippen LogP contribution in [-0.4, -0.2) is 28.9 Å². The summed E-state index contributed by atoms with van der Waals surface area (Å²) in [5.41, 5.74) is 4.99. The lowest BCUT2D eigenvalue weighted by Crippen LogP contribution is -2.43. The summed E-state index contributed by atoms with van der Waals surface area (Å²) in [6.45, 7) is 3.94. The van der Waals surface area contributed by atoms with Crippen LogP contribution >= 0.6 is 0 Å². The first kappa shape index (κ1) is 19.4. The number of unbranched alkanes of at least 4 members (excludes halogenated alkanes) is 4. The van der Waals surface area contributed by atoms with E-state index in [9.17, 15) is 14.4 Å². The molecule has 122 valence electrons. The molecule has 0 aromatic carbocycles. The number of hydrogen-bond acceptors (Lipinski definition) is 3. The van der Waals surface area contributed by atoms with E-state index in [-0.39, 0.29) is 24.7 Å². The van der Waals surface area contributed by atoms with Gasteiger partial charge in [-0.2, -0.15) is 0 Å². The topological polar surface area (TPSA) is 109 Å². The summed E-state index contributed by atoms with van der Waals surface area (Å²) in [4.78, 5) is 33.7. The highest BCUT2D eigenvalue weighted by Gasteiger charge is 2.23. The Morgan fingerprint density at radius 2 is 1.71 bits per heavy atom. The molecule has 2 amide bonds. The molecule has 0 bridgehead atoms. The summed E-state index contributed by atoms with van der Waals surface area (Å²) in [5.74, 6) is -2.20. The second-order valence-corrected chi connectivity index (χ2v) is 5.51. The SMILES string of the molecule is CCCCCCCC(C)C(=O)N[C@@H](CCC(N)=O)C(=O)O. The molecule has 0 aromatic heterocycles. The van der Waals surface area contributed by atoms with E-state index in [1.807, 2.05) is 0 Å². The van der Waals surface area contributed by atoms with Crippen molar-refractivity contribution in [2.75, 3.05) is 0 Å². The molecule has 0 aliphatic heterocycles. The molecule has 2 atom stereocenters. The molecule has 0 saturated carbocycles. The minimum Gasteiger partial charge on any atom is -0.480 e. The summed E-state index contributed by atoms with van der Waals surface area (Å²) in [7, 11) is 0. The van der Waals surface area contributed by atoms with Crippen LogP contribution in [0.1, 0.15) is 65.2 Å². The van der Waals surface area contributed by atoms with E-state index in [0.29, 0.717) is 0 Å². The van der Waals surface area contributed by atoms with Crippen LogP contribution in [0.4, 0.5) is 0 Å². The summed E-state index contributed by atoms with van der Waals surface area (Å²) >= 11 is 0. The first-order valence-electron chi connectivity index (χ1n) is 7.70. The average molecular weight is 300 g/mol. The number of aliphatic carboxylic acids is 1. The van der Waals surface area contributed by atoms with Crippen molar-refractivity contribution in [3.05, 3.63) is 0 Å². The molecule has 0 aliphatic carbocycles. The number of hydrogen-bond donors (Lipinski definition) is 3. The average Bonchev–Trinajstić information content (AvgIpc) is 2.42. The molecule has 0 heterocycles. The van der Waals surface area contributed by atoms with Gasteiger partial charge in [-0.1, -0.05) is 46.0 Å². The van der Waals surface area contributed by atoms with Crippen LogP contribution in [0.15, 0.2) is 0 Å². The summed E-state index contributed by atoms with van der Waals surface area (Å²) in [5, 5.41) is 11.5. The minimum atomic E-state index is -1.14. The fourth-order valence-electron chi connectivity index (χ4n) is 2.04. The first-order chi connectivity index (χ1) is 9.88. The summed E-state index contributed by atoms with van der Waals surface area (Å²) < 4.78 is 0. The zero-order chi connectivity index (χ0) is 16.3. The summed E-state index contributed by atoms with van der Waals surface area (Å²) in [6, 6.07) is -1.05. The number of primary amides is 1. The zero-order valence-corrected chi connectivity index (χ0v) is 13.1. The van der Waals surface area contributed by atoms with Gasteiger partial charge in [-0.05, 0) is 12.8 Å². The van der Waals surface area contributed by atoms with Gasteiger partial charge in [0.25, 0.3) is 0 Å². The molecule has 6 heteroatoms. The van der Waals surface area contributed by atoms with Crippen LogP contribution in [0, 0.1) is 5.92 Å². The lowest BCUT2D eigenvalue weighted by molar-refractivity contribution is -0.142. The Balaban J connectivity index is 4.10. The Bertz CT molecular complexity index is 345. The first-order valence-corrected chi connectivity index (χ1v) is 7.70. The van der Waals surface area contributed by atoms with E-state index >= 15 is 0 Å². The fraction of sp³-hybridized carbons (Fsp3) is 0.800. The maximum absolute atomic E-state index is 11.9. The Kier molecular flexibility index (Phi) is 10.3. The normalized spacial score (nSPS) is 13.4. The maximum Gasteiger partial charge on any atom is 0.326 e. The van der Waals surface area contributed by atoms with Gasteiger partial charge in [0, 0.05) is 12.3 Å². The number of carboxylic acids is 1. The van der Waals surface area contributed by atoms with Crippen LogP contribution in [-0.2, 0) is 14.4 Å². The van der Waals surface area contributed by atoms with Crippen molar-refractivity contribution in [3.8, 4) is 0 Å². The van der Waals surface area contributed by atoms with Crippen molar-refractivity contribution < 1.29 is 19.5 Å². The highest BCUT2D eigenvalue weighted by molar-refractivity contribution is 5.85. The van der Waals surface area contributed by atoms with E-state index in [2.05, 4.69) is 12.2 Å². The zero-order valence-electron chi connectivity index (χ0n) is 13.1. The molecular formula is C15H28N2O4. The molecule has 1 unspecified atom stereocenters. The van der Waals surface area contributed by atoms with Crippen LogP contribution in [0.2, 0.25) is 0 Å². The van der Waals surface area contributed by atoms with Crippen LogP contribution in [0.3, 0.4) is 0 Å². The molecule has 0 rings (SSSR count). The molecule has 0 radical (unpaired) electrons. The number of amides is 2. The van der Waals surface area contributed by atoms with Gasteiger partial charge in [0.15, 0.2) is 0 Å². The van der Waals surface area contributed by atoms with Gasteiger partial charge < -0.3 is 16.2 Å². The van der Waals surface area contributed by atoms with Crippen molar-refractivity contribution in [2.24, 2.45) is 11.7 Å². The van der Waals surface area contributed by atoms with Crippen LogP contribution in [0.25, 0.3) is 0 Å². The van der Waals surface area contributed by atoms with E-state index in [1.165, 1.54) is 19.3 Å². The van der Waals surface area contributed by atoms with Gasteiger partial charge in [-0.15, -0.1) is 0 Å². The predicted molar refractivity (Wildman–Crippen MR) is 80.5 cm³/mol. The van der Waals surface area contributed by atoms with Crippen molar-refractivity contribution in [1.82, 2.24) is 5.32 Å². The predicted octanol–water partition coefficient (Wildman–Crippen LogP) is 1.82. The molecule has 0 aliphatic rings. The highest BCUT2D eigenvalue weighted by Crippen LogP contribution is 2.12. The standard InChI is InChI=1S/C15H28N2O4/c1-3-4-5-6-7-8-11(2)14(19)17-12(15(20)21)9-10-13(16)18/h11-12H,3-10H2,1-2H3,(H2,16,18)(H,17,19)(H,20,21)/t11?,12-/m0/s1. The van der Waals surface area contributed by atoms with Crippen molar-refractivity contribution in [1.29, 1.82) is 0 Å². The third kappa shape index (κ3) is 9.87. The second-order valence-electron chi connectivity index (χ2n) is 5.51. The van der Waals surface area contributed by atoms with Gasteiger partial charge in [-0.3, -0.25) is 9.59 Å². The number of nitrogens with one attached hydrogen (secondary N) is 1. The molecular weight excluding hydrogens is 272 g/mol. The molecule has 21 heavy (non-hydrogen) atoms. The van der Waals surface area contributed by atoms with Crippen molar-refractivity contribution in [3.63, 3.8) is 0 Å². The number of carbonyl (C=O) groups excluding carboxylic acids is 2. The smallest absolute Gasteiger partial charge is 0.326 e. The maximum atomic E-state index is 11.9. The molecule has 0 fully saturated rings. The lowest BCUT2D eigenvalue weighted by atomic mass is 10.0. The monoisotopic (exact) mass is 300 g/mol. The quantitative estimate of drug-likeness (QED) is 0.477. The van der Waals surface area contributed by atoms with Crippen molar-refractivity contribution >= 4 is 17.8 Å². The third-order valence-electron chi connectivity index (χ3n) is 3.48. The van der Waals surface area contributed by atoms with Crippen LogP contribution < -0.4 is 11.1 Å². The molecule has 0 saturated heterocycles.